The van der Waals surface area contributed by atoms with Gasteiger partial charge < -0.3 is 4.90 Å². The van der Waals surface area contributed by atoms with E-state index in [-0.39, 0.29) is 11.9 Å². The molecule has 1 aliphatic heterocycles. The van der Waals surface area contributed by atoms with Crippen LogP contribution in [-0.4, -0.2) is 5.91 Å². The van der Waals surface area contributed by atoms with Crippen molar-refractivity contribution in [2.75, 3.05) is 4.90 Å². The molecular formula is C17H14N2O. The Morgan fingerprint density at radius 3 is 2.40 bits per heavy atom. The molecule has 1 saturated heterocycles. The van der Waals surface area contributed by atoms with Gasteiger partial charge in [0, 0.05) is 12.1 Å². The van der Waals surface area contributed by atoms with E-state index in [0.29, 0.717) is 12.0 Å². The first-order valence-electron chi connectivity index (χ1n) is 6.67. The summed E-state index contributed by atoms with van der Waals surface area (Å²) in [5, 5.41) is 8.85. The van der Waals surface area contributed by atoms with Gasteiger partial charge in [-0.3, -0.25) is 4.79 Å². The molecule has 0 bridgehead atoms. The van der Waals surface area contributed by atoms with Crippen LogP contribution in [-0.2, 0) is 4.79 Å². The van der Waals surface area contributed by atoms with Gasteiger partial charge in [0.25, 0.3) is 0 Å². The number of anilines is 1. The van der Waals surface area contributed by atoms with Crippen molar-refractivity contribution in [2.45, 2.75) is 18.9 Å². The first-order valence-corrected chi connectivity index (χ1v) is 6.67. The molecule has 0 spiro atoms. The molecule has 0 aromatic heterocycles. The molecule has 0 saturated carbocycles. The predicted molar refractivity (Wildman–Crippen MR) is 77.1 cm³/mol. The number of rotatable bonds is 2. The lowest BCUT2D eigenvalue weighted by Crippen LogP contribution is -2.27. The van der Waals surface area contributed by atoms with Crippen molar-refractivity contribution in [2.24, 2.45) is 0 Å². The molecule has 1 fully saturated rings. The molecule has 1 aliphatic rings. The fourth-order valence-electron chi connectivity index (χ4n) is 2.69. The third kappa shape index (κ3) is 2.17. The molecule has 3 rings (SSSR count). The van der Waals surface area contributed by atoms with Crippen LogP contribution in [0.5, 0.6) is 0 Å². The summed E-state index contributed by atoms with van der Waals surface area (Å²) in [5.74, 6) is 0.142. The highest BCUT2D eigenvalue weighted by Crippen LogP contribution is 2.36. The monoisotopic (exact) mass is 262 g/mol. The van der Waals surface area contributed by atoms with E-state index in [1.165, 1.54) is 0 Å². The second kappa shape index (κ2) is 5.18. The van der Waals surface area contributed by atoms with E-state index in [2.05, 4.69) is 18.2 Å². The van der Waals surface area contributed by atoms with Crippen LogP contribution in [0.4, 0.5) is 5.69 Å². The zero-order valence-electron chi connectivity index (χ0n) is 11.0. The Bertz CT molecular complexity index is 656. The molecule has 1 heterocycles. The fraction of sp³-hybridized carbons (Fsp3) is 0.176. The summed E-state index contributed by atoms with van der Waals surface area (Å²) in [7, 11) is 0. The highest BCUT2D eigenvalue weighted by molar-refractivity contribution is 5.96. The van der Waals surface area contributed by atoms with E-state index in [1.54, 1.807) is 12.1 Å². The van der Waals surface area contributed by atoms with Gasteiger partial charge in [0.15, 0.2) is 0 Å². The lowest BCUT2D eigenvalue weighted by atomic mass is 10.0. The Balaban J connectivity index is 1.96. The summed E-state index contributed by atoms with van der Waals surface area (Å²) < 4.78 is 0. The number of nitriles is 1. The van der Waals surface area contributed by atoms with E-state index in [9.17, 15) is 4.79 Å². The Morgan fingerprint density at radius 2 is 1.75 bits per heavy atom. The number of carbonyl (C=O) groups excluding carboxylic acids is 1. The number of carbonyl (C=O) groups is 1. The normalized spacial score (nSPS) is 18.1. The zero-order valence-corrected chi connectivity index (χ0v) is 11.0. The Labute approximate surface area is 118 Å². The van der Waals surface area contributed by atoms with Crippen molar-refractivity contribution in [3.63, 3.8) is 0 Å². The van der Waals surface area contributed by atoms with E-state index < -0.39 is 0 Å². The largest absolute Gasteiger partial charge is 0.305 e. The minimum absolute atomic E-state index is 0.0941. The van der Waals surface area contributed by atoms with E-state index in [1.807, 2.05) is 35.2 Å². The van der Waals surface area contributed by atoms with Gasteiger partial charge in [0.1, 0.15) is 0 Å². The van der Waals surface area contributed by atoms with Gasteiger partial charge in [-0.15, -0.1) is 0 Å². The minimum Gasteiger partial charge on any atom is -0.305 e. The summed E-state index contributed by atoms with van der Waals surface area (Å²) in [6.07, 6.45) is 1.41. The van der Waals surface area contributed by atoms with Crippen molar-refractivity contribution in [1.29, 1.82) is 5.26 Å². The van der Waals surface area contributed by atoms with E-state index in [4.69, 9.17) is 5.26 Å². The smallest absolute Gasteiger partial charge is 0.227 e. The van der Waals surface area contributed by atoms with Gasteiger partial charge in [-0.05, 0) is 36.2 Å². The molecule has 0 unspecified atom stereocenters. The average molecular weight is 262 g/mol. The van der Waals surface area contributed by atoms with Gasteiger partial charge >= 0.3 is 0 Å². The number of benzene rings is 2. The average Bonchev–Trinajstić information content (AvgIpc) is 2.90. The summed E-state index contributed by atoms with van der Waals surface area (Å²) in [5.41, 5.74) is 2.62. The second-order valence-corrected chi connectivity index (χ2v) is 4.89. The van der Waals surface area contributed by atoms with Crippen LogP contribution in [0.15, 0.2) is 54.6 Å². The Hall–Kier alpha value is -2.60. The first-order chi connectivity index (χ1) is 9.79. The van der Waals surface area contributed by atoms with E-state index in [0.717, 1.165) is 17.7 Å². The molecule has 0 N–H and O–H groups in total. The van der Waals surface area contributed by atoms with Gasteiger partial charge in [-0.1, -0.05) is 30.3 Å². The molecule has 98 valence electrons. The minimum atomic E-state index is 0.0941. The van der Waals surface area contributed by atoms with Crippen LogP contribution < -0.4 is 4.90 Å². The zero-order chi connectivity index (χ0) is 13.9. The van der Waals surface area contributed by atoms with Crippen LogP contribution in [0.3, 0.4) is 0 Å². The SMILES string of the molecule is N#Cc1ccc(N2C(=O)CC[C@H]2c2ccccc2)cc1. The summed E-state index contributed by atoms with van der Waals surface area (Å²) in [6.45, 7) is 0. The first kappa shape index (κ1) is 12.4. The van der Waals surface area contributed by atoms with Crippen molar-refractivity contribution in [3.8, 4) is 6.07 Å². The molecule has 2 aromatic carbocycles. The molecule has 0 aliphatic carbocycles. The third-order valence-corrected chi connectivity index (χ3v) is 3.67. The molecule has 1 atom stereocenters. The van der Waals surface area contributed by atoms with Crippen molar-refractivity contribution in [1.82, 2.24) is 0 Å². The number of hydrogen-bond donors (Lipinski definition) is 0. The molecular weight excluding hydrogens is 248 g/mol. The topological polar surface area (TPSA) is 44.1 Å². The highest BCUT2D eigenvalue weighted by Gasteiger charge is 2.32. The van der Waals surface area contributed by atoms with Crippen LogP contribution in [0.1, 0.15) is 30.0 Å². The lowest BCUT2D eigenvalue weighted by Gasteiger charge is -2.25. The molecule has 0 radical (unpaired) electrons. The number of hydrogen-bond acceptors (Lipinski definition) is 2. The summed E-state index contributed by atoms with van der Waals surface area (Å²) >= 11 is 0. The van der Waals surface area contributed by atoms with Gasteiger partial charge in [0.05, 0.1) is 17.7 Å². The molecule has 2 aromatic rings. The van der Waals surface area contributed by atoms with Crippen LogP contribution >= 0.6 is 0 Å². The van der Waals surface area contributed by atoms with Crippen LogP contribution in [0, 0.1) is 11.3 Å². The maximum absolute atomic E-state index is 12.2. The van der Waals surface area contributed by atoms with Gasteiger partial charge in [-0.25, -0.2) is 0 Å². The standard InChI is InChI=1S/C17H14N2O/c18-12-13-6-8-15(9-7-13)19-16(10-11-17(19)20)14-4-2-1-3-5-14/h1-9,16H,10-11H2/t16-/m0/s1. The van der Waals surface area contributed by atoms with Crippen LogP contribution in [0.25, 0.3) is 0 Å². The number of nitrogens with zero attached hydrogens (tertiary/aromatic N) is 2. The molecule has 20 heavy (non-hydrogen) atoms. The third-order valence-electron chi connectivity index (χ3n) is 3.67. The molecule has 1 amide bonds. The molecule has 3 heteroatoms. The van der Waals surface area contributed by atoms with Crippen LogP contribution in [0.2, 0.25) is 0 Å². The summed E-state index contributed by atoms with van der Waals surface area (Å²) in [6, 6.07) is 19.5. The maximum Gasteiger partial charge on any atom is 0.227 e. The maximum atomic E-state index is 12.2. The van der Waals surface area contributed by atoms with Gasteiger partial charge in [-0.2, -0.15) is 5.26 Å². The van der Waals surface area contributed by atoms with Crippen molar-refractivity contribution >= 4 is 11.6 Å². The second-order valence-electron chi connectivity index (χ2n) is 4.89. The van der Waals surface area contributed by atoms with Gasteiger partial charge in [0.2, 0.25) is 5.91 Å². The Kier molecular flexibility index (Phi) is 3.22. The lowest BCUT2D eigenvalue weighted by molar-refractivity contribution is -0.117. The number of amides is 1. The van der Waals surface area contributed by atoms with Crippen molar-refractivity contribution < 1.29 is 4.79 Å². The summed E-state index contributed by atoms with van der Waals surface area (Å²) in [4.78, 5) is 14.0. The Morgan fingerprint density at radius 1 is 1.05 bits per heavy atom. The highest BCUT2D eigenvalue weighted by atomic mass is 16.2. The van der Waals surface area contributed by atoms with E-state index >= 15 is 0 Å². The fourth-order valence-corrected chi connectivity index (χ4v) is 2.69. The quantitative estimate of drug-likeness (QED) is 0.832. The predicted octanol–water partition coefficient (Wildman–Crippen LogP) is 3.43. The van der Waals surface area contributed by atoms with Crippen molar-refractivity contribution in [3.05, 3.63) is 65.7 Å². The molecule has 3 nitrogen and oxygen atoms in total.